The Labute approximate surface area is 131 Å². The van der Waals surface area contributed by atoms with E-state index in [4.69, 9.17) is 4.74 Å². The van der Waals surface area contributed by atoms with E-state index in [-0.39, 0.29) is 17.3 Å². The number of carbonyl (C=O) groups excluding carboxylic acids is 1. The lowest BCUT2D eigenvalue weighted by Gasteiger charge is -2.51. The minimum atomic E-state index is -0.0438. The van der Waals surface area contributed by atoms with E-state index in [9.17, 15) is 4.79 Å². The van der Waals surface area contributed by atoms with E-state index < -0.39 is 0 Å². The van der Waals surface area contributed by atoms with E-state index in [0.717, 1.165) is 32.5 Å². The molecule has 2 fully saturated rings. The van der Waals surface area contributed by atoms with E-state index in [0.29, 0.717) is 5.75 Å². The van der Waals surface area contributed by atoms with Crippen molar-refractivity contribution in [3.8, 4) is 5.75 Å². The van der Waals surface area contributed by atoms with Crippen molar-refractivity contribution in [3.05, 3.63) is 18.2 Å². The van der Waals surface area contributed by atoms with Crippen molar-refractivity contribution in [1.29, 1.82) is 0 Å². The number of hydrogen-bond acceptors (Lipinski definition) is 5. The zero-order valence-electron chi connectivity index (χ0n) is 13.4. The van der Waals surface area contributed by atoms with Crippen molar-refractivity contribution in [2.45, 2.75) is 37.6 Å². The molecule has 6 heteroatoms. The van der Waals surface area contributed by atoms with Crippen molar-refractivity contribution in [3.63, 3.8) is 0 Å². The van der Waals surface area contributed by atoms with Crippen LogP contribution < -0.4 is 4.74 Å². The summed E-state index contributed by atoms with van der Waals surface area (Å²) in [5.41, 5.74) is -0.0361. The fourth-order valence-corrected chi connectivity index (χ4v) is 3.78. The smallest absolute Gasteiger partial charge is 0.292 e. The van der Waals surface area contributed by atoms with Crippen LogP contribution in [0.25, 0.3) is 0 Å². The second-order valence-corrected chi connectivity index (χ2v) is 6.43. The van der Waals surface area contributed by atoms with Crippen LogP contribution >= 0.6 is 0 Å². The molecule has 1 saturated heterocycles. The highest BCUT2D eigenvalue weighted by Gasteiger charge is 2.44. The predicted molar refractivity (Wildman–Crippen MR) is 82.9 cm³/mol. The highest BCUT2D eigenvalue weighted by molar-refractivity contribution is 5.91. The zero-order valence-corrected chi connectivity index (χ0v) is 13.4. The Morgan fingerprint density at radius 3 is 2.50 bits per heavy atom. The first kappa shape index (κ1) is 15.2. The number of nitrogens with zero attached hydrogens (tertiary/aromatic N) is 4. The molecule has 0 radical (unpaired) electrons. The van der Waals surface area contributed by atoms with Crippen LogP contribution in [0.4, 0.5) is 0 Å². The number of carbonyl (C=O) groups is 1. The molecule has 1 aromatic heterocycles. The summed E-state index contributed by atoms with van der Waals surface area (Å²) in [6.45, 7) is 2.61. The Bertz CT molecular complexity index is 525. The van der Waals surface area contributed by atoms with Crippen molar-refractivity contribution < 1.29 is 9.53 Å². The summed E-state index contributed by atoms with van der Waals surface area (Å²) in [6.07, 6.45) is 8.95. The molecule has 2 heterocycles. The van der Waals surface area contributed by atoms with Crippen LogP contribution in [-0.4, -0.2) is 65.0 Å². The van der Waals surface area contributed by atoms with Crippen LogP contribution in [0, 0.1) is 0 Å². The number of aromatic nitrogens is 2. The van der Waals surface area contributed by atoms with Crippen molar-refractivity contribution in [1.82, 2.24) is 19.8 Å². The highest BCUT2D eigenvalue weighted by Crippen LogP contribution is 2.36. The standard InChI is InChI=1S/C16H24N4O2/c1-19-8-9-20(16(12-19)6-4-3-5-7-16)15(21)14-17-10-13(22-2)11-18-14/h10-11H,3-9,12H2,1-2H3. The van der Waals surface area contributed by atoms with Crippen molar-refractivity contribution >= 4 is 5.91 Å². The molecule has 1 amide bonds. The van der Waals surface area contributed by atoms with Gasteiger partial charge in [0.2, 0.25) is 5.82 Å². The monoisotopic (exact) mass is 304 g/mol. The zero-order chi connectivity index (χ0) is 15.6. The van der Waals surface area contributed by atoms with Gasteiger partial charge in [-0.2, -0.15) is 0 Å². The lowest BCUT2D eigenvalue weighted by Crippen LogP contribution is -2.64. The number of ether oxygens (including phenoxy) is 1. The normalized spacial score (nSPS) is 21.8. The third-order valence-corrected chi connectivity index (χ3v) is 4.93. The number of likely N-dealkylation sites (N-methyl/N-ethyl adjacent to an activating group) is 1. The van der Waals surface area contributed by atoms with E-state index in [1.54, 1.807) is 19.5 Å². The molecule has 0 unspecified atom stereocenters. The van der Waals surface area contributed by atoms with Crippen LogP contribution in [0.2, 0.25) is 0 Å². The molecule has 0 bridgehead atoms. The van der Waals surface area contributed by atoms with Gasteiger partial charge in [0.15, 0.2) is 5.75 Å². The number of rotatable bonds is 2. The molecule has 120 valence electrons. The topological polar surface area (TPSA) is 58.6 Å². The molecule has 1 aromatic rings. The summed E-state index contributed by atoms with van der Waals surface area (Å²) in [4.78, 5) is 25.7. The molecular formula is C16H24N4O2. The van der Waals surface area contributed by atoms with Gasteiger partial charge in [-0.15, -0.1) is 0 Å². The molecule has 1 spiro atoms. The maximum absolute atomic E-state index is 12.9. The Morgan fingerprint density at radius 2 is 1.86 bits per heavy atom. The van der Waals surface area contributed by atoms with Gasteiger partial charge < -0.3 is 14.5 Å². The van der Waals surface area contributed by atoms with Gasteiger partial charge in [-0.1, -0.05) is 19.3 Å². The van der Waals surface area contributed by atoms with E-state index >= 15 is 0 Å². The van der Waals surface area contributed by atoms with Crippen LogP contribution in [0.15, 0.2) is 12.4 Å². The summed E-state index contributed by atoms with van der Waals surface area (Å²) in [5, 5.41) is 0. The Morgan fingerprint density at radius 1 is 1.18 bits per heavy atom. The number of piperazine rings is 1. The first-order valence-corrected chi connectivity index (χ1v) is 8.01. The maximum atomic E-state index is 12.9. The Balaban J connectivity index is 1.84. The summed E-state index contributed by atoms with van der Waals surface area (Å²) < 4.78 is 5.06. The molecule has 3 rings (SSSR count). The van der Waals surface area contributed by atoms with E-state index in [2.05, 4.69) is 21.9 Å². The third-order valence-electron chi connectivity index (χ3n) is 4.93. The first-order valence-electron chi connectivity index (χ1n) is 8.01. The molecular weight excluding hydrogens is 280 g/mol. The van der Waals surface area contributed by atoms with Gasteiger partial charge in [0.25, 0.3) is 5.91 Å². The molecule has 2 aliphatic rings. The molecule has 6 nitrogen and oxygen atoms in total. The van der Waals surface area contributed by atoms with E-state index in [1.165, 1.54) is 19.3 Å². The first-order chi connectivity index (χ1) is 10.6. The fourth-order valence-electron chi connectivity index (χ4n) is 3.78. The number of amides is 1. The van der Waals surface area contributed by atoms with Crippen LogP contribution in [0.5, 0.6) is 5.75 Å². The maximum Gasteiger partial charge on any atom is 0.292 e. The average molecular weight is 304 g/mol. The number of hydrogen-bond donors (Lipinski definition) is 0. The van der Waals surface area contributed by atoms with Gasteiger partial charge in [0.1, 0.15) is 0 Å². The highest BCUT2D eigenvalue weighted by atomic mass is 16.5. The van der Waals surface area contributed by atoms with Crippen LogP contribution in [0.3, 0.4) is 0 Å². The average Bonchev–Trinajstić information content (AvgIpc) is 2.55. The van der Waals surface area contributed by atoms with Gasteiger partial charge in [-0.05, 0) is 19.9 Å². The minimum absolute atomic E-state index is 0.0361. The lowest BCUT2D eigenvalue weighted by molar-refractivity contribution is -0.00859. The summed E-state index contributed by atoms with van der Waals surface area (Å²) in [5.74, 6) is 0.801. The molecule has 0 atom stereocenters. The molecule has 0 aromatic carbocycles. The molecule has 1 aliphatic heterocycles. The molecule has 22 heavy (non-hydrogen) atoms. The largest absolute Gasteiger partial charge is 0.494 e. The molecule has 1 saturated carbocycles. The molecule has 1 aliphatic carbocycles. The van der Waals surface area contributed by atoms with Gasteiger partial charge in [0.05, 0.1) is 25.0 Å². The Hall–Kier alpha value is -1.69. The summed E-state index contributed by atoms with van der Waals surface area (Å²) >= 11 is 0. The van der Waals surface area contributed by atoms with Crippen LogP contribution in [-0.2, 0) is 0 Å². The van der Waals surface area contributed by atoms with Crippen molar-refractivity contribution in [2.24, 2.45) is 0 Å². The number of methoxy groups -OCH3 is 1. The lowest BCUT2D eigenvalue weighted by atomic mass is 9.78. The SMILES string of the molecule is COc1cnc(C(=O)N2CCN(C)CC23CCCCC3)nc1. The van der Waals surface area contributed by atoms with Gasteiger partial charge in [0, 0.05) is 19.6 Å². The molecule has 0 N–H and O–H groups in total. The second-order valence-electron chi connectivity index (χ2n) is 6.43. The predicted octanol–water partition coefficient (Wildman–Crippen LogP) is 1.58. The van der Waals surface area contributed by atoms with Gasteiger partial charge >= 0.3 is 0 Å². The second kappa shape index (κ2) is 6.20. The van der Waals surface area contributed by atoms with Gasteiger partial charge in [-0.3, -0.25) is 4.79 Å². The summed E-state index contributed by atoms with van der Waals surface area (Å²) in [7, 11) is 3.71. The third kappa shape index (κ3) is 2.79. The Kier molecular flexibility index (Phi) is 4.29. The minimum Gasteiger partial charge on any atom is -0.494 e. The van der Waals surface area contributed by atoms with Gasteiger partial charge in [-0.25, -0.2) is 9.97 Å². The summed E-state index contributed by atoms with van der Waals surface area (Å²) in [6, 6.07) is 0. The quantitative estimate of drug-likeness (QED) is 0.830. The van der Waals surface area contributed by atoms with Crippen LogP contribution in [0.1, 0.15) is 42.7 Å². The van der Waals surface area contributed by atoms with E-state index in [1.807, 2.05) is 4.90 Å². The fraction of sp³-hybridized carbons (Fsp3) is 0.688. The van der Waals surface area contributed by atoms with Crippen molar-refractivity contribution in [2.75, 3.05) is 33.8 Å².